The van der Waals surface area contributed by atoms with Crippen molar-refractivity contribution in [2.75, 3.05) is 144 Å². The summed E-state index contributed by atoms with van der Waals surface area (Å²) in [6.45, 7) is 20.6. The Morgan fingerprint density at radius 3 is 1.25 bits per heavy atom. The van der Waals surface area contributed by atoms with Crippen molar-refractivity contribution in [1.29, 1.82) is 0 Å². The molecule has 0 saturated heterocycles. The lowest BCUT2D eigenvalue weighted by atomic mass is 10.1. The summed E-state index contributed by atoms with van der Waals surface area (Å²) in [5.74, 6) is 0.120. The van der Waals surface area contributed by atoms with E-state index in [2.05, 4.69) is 79.9 Å². The first-order valence-electron chi connectivity index (χ1n) is 23.6. The maximum Gasteiger partial charge on any atom is 0.237 e. The first-order valence-corrected chi connectivity index (χ1v) is 23.6. The fourth-order valence-corrected chi connectivity index (χ4v) is 6.33. The Hall–Kier alpha value is -2.06. The van der Waals surface area contributed by atoms with Crippen LogP contribution in [0.3, 0.4) is 0 Å². The van der Waals surface area contributed by atoms with Crippen LogP contribution in [0.25, 0.3) is 0 Å². The molecule has 0 aromatic carbocycles. The first kappa shape index (κ1) is 57.9. The second-order valence-electron chi connectivity index (χ2n) is 15.2. The highest BCUT2D eigenvalue weighted by atomic mass is 16.5. The maximum absolute atomic E-state index is 13.0. The molecule has 0 fully saturated rings. The number of carbonyl (C=O) groups is 2. The molecule has 2 unspecified atom stereocenters. The van der Waals surface area contributed by atoms with Gasteiger partial charge in [-0.3, -0.25) is 19.4 Å². The van der Waals surface area contributed by atoms with Crippen LogP contribution >= 0.6 is 0 Å². The van der Waals surface area contributed by atoms with Crippen LogP contribution in [0.2, 0.25) is 0 Å². The summed E-state index contributed by atoms with van der Waals surface area (Å²) >= 11 is 0. The number of rotatable bonds is 47. The number of hydrogen-bond acceptors (Lipinski definition) is 14. The topological polar surface area (TPSA) is 235 Å². The van der Waals surface area contributed by atoms with E-state index in [9.17, 15) is 9.59 Å². The van der Waals surface area contributed by atoms with Crippen LogP contribution in [0, 0.1) is 0 Å². The van der Waals surface area contributed by atoms with Gasteiger partial charge in [-0.2, -0.15) is 0 Å². The average Bonchev–Trinajstić information content (AvgIpc) is 3.25. The molecule has 0 aromatic rings. The van der Waals surface area contributed by atoms with Gasteiger partial charge in [0.2, 0.25) is 11.8 Å². The van der Waals surface area contributed by atoms with E-state index < -0.39 is 0 Å². The zero-order valence-electron chi connectivity index (χ0n) is 38.3. The van der Waals surface area contributed by atoms with Crippen LogP contribution in [0.15, 0.2) is 24.3 Å². The third-order valence-corrected chi connectivity index (χ3v) is 9.89. The monoisotopic (exact) mass is 855 g/mol. The number of nitrogens with zero attached hydrogens (tertiary/aromatic N) is 2. The summed E-state index contributed by atoms with van der Waals surface area (Å²) in [6, 6.07) is -0.425. The zero-order chi connectivity index (χ0) is 44.0. The van der Waals surface area contributed by atoms with Gasteiger partial charge >= 0.3 is 0 Å². The number of carbonyl (C=O) groups excluding carboxylic acids is 2. The van der Waals surface area contributed by atoms with E-state index in [0.29, 0.717) is 65.7 Å². The van der Waals surface area contributed by atoms with E-state index in [1.54, 1.807) is 0 Å². The molecule has 0 aliphatic carbocycles. The third kappa shape index (κ3) is 37.7. The molecule has 2 atom stereocenters. The smallest absolute Gasteiger partial charge is 0.237 e. The first-order chi connectivity index (χ1) is 29.5. The van der Waals surface area contributed by atoms with Crippen LogP contribution in [-0.4, -0.2) is 178 Å². The van der Waals surface area contributed by atoms with Crippen molar-refractivity contribution in [3.8, 4) is 0 Å². The minimum absolute atomic E-state index is 0.0598. The number of hydrogen-bond donors (Lipinski definition) is 10. The van der Waals surface area contributed by atoms with Crippen molar-refractivity contribution in [2.45, 2.75) is 103 Å². The van der Waals surface area contributed by atoms with E-state index in [1.807, 2.05) is 0 Å². The lowest BCUT2D eigenvalue weighted by Crippen LogP contribution is -2.45. The highest BCUT2D eigenvalue weighted by Crippen LogP contribution is 2.01. The molecule has 14 N–H and O–H groups in total. The number of allylic oxidation sites excluding steroid dienone is 2. The minimum atomic E-state index is -0.212. The molecular weight excluding hydrogens is 761 g/mol. The largest absolute Gasteiger partial charge is 0.378 e. The molecule has 0 aliphatic rings. The van der Waals surface area contributed by atoms with E-state index in [4.69, 9.17) is 32.4 Å². The predicted octanol–water partition coefficient (Wildman–Crippen LogP) is 0.620. The summed E-state index contributed by atoms with van der Waals surface area (Å²) in [6.07, 6.45) is 19.5. The summed E-state index contributed by atoms with van der Waals surface area (Å²) in [4.78, 5) is 30.8. The van der Waals surface area contributed by atoms with Gasteiger partial charge in [0.1, 0.15) is 0 Å². The Kier molecular flexibility index (Phi) is 44.8. The molecule has 2 amide bonds. The zero-order valence-corrected chi connectivity index (χ0v) is 38.3. The molecule has 0 aromatic heterocycles. The molecule has 0 spiro atoms. The van der Waals surface area contributed by atoms with E-state index in [-0.39, 0.29) is 23.9 Å². The molecule has 16 nitrogen and oxygen atoms in total. The number of amides is 2. The number of nitrogens with two attached hydrogens (primary N) is 4. The maximum atomic E-state index is 13.0. The second kappa shape index (κ2) is 46.4. The minimum Gasteiger partial charge on any atom is -0.378 e. The van der Waals surface area contributed by atoms with Crippen molar-refractivity contribution in [3.63, 3.8) is 0 Å². The predicted molar refractivity (Wildman–Crippen MR) is 251 cm³/mol. The van der Waals surface area contributed by atoms with Crippen LogP contribution in [0.5, 0.6) is 0 Å². The van der Waals surface area contributed by atoms with Gasteiger partial charge in [0.15, 0.2) is 0 Å². The summed E-state index contributed by atoms with van der Waals surface area (Å²) in [5, 5.41) is 19.9. The lowest BCUT2D eigenvalue weighted by molar-refractivity contribution is -0.124. The SMILES string of the molecule is CCC=CCN(CCCNC(=O)C(CCCNCCCN)NCCCN)CCOCCOCCN(CC=CCC)CCCNC(=O)C(CCCNCCCN)NCCCN. The van der Waals surface area contributed by atoms with Gasteiger partial charge in [-0.1, -0.05) is 38.2 Å². The van der Waals surface area contributed by atoms with Crippen molar-refractivity contribution in [1.82, 2.24) is 41.7 Å². The van der Waals surface area contributed by atoms with Crippen LogP contribution in [0.1, 0.15) is 90.9 Å². The van der Waals surface area contributed by atoms with Gasteiger partial charge in [0.05, 0.1) is 38.5 Å². The summed E-state index contributed by atoms with van der Waals surface area (Å²) in [7, 11) is 0. The molecular formula is C44H94N12O4. The Bertz CT molecular complexity index is 921. The second-order valence-corrected chi connectivity index (χ2v) is 15.2. The fraction of sp³-hybridized carbons (Fsp3) is 0.864. The third-order valence-electron chi connectivity index (χ3n) is 9.89. The highest BCUT2D eigenvalue weighted by Gasteiger charge is 2.18. The van der Waals surface area contributed by atoms with Gasteiger partial charge in [0.25, 0.3) is 0 Å². The molecule has 60 heavy (non-hydrogen) atoms. The molecule has 0 bridgehead atoms. The molecule has 0 rings (SSSR count). The van der Waals surface area contributed by atoms with Gasteiger partial charge in [-0.05, 0) is 142 Å². The van der Waals surface area contributed by atoms with E-state index >= 15 is 0 Å². The Labute approximate surface area is 366 Å². The summed E-state index contributed by atoms with van der Waals surface area (Å²) in [5.41, 5.74) is 22.5. The molecule has 16 heteroatoms. The fourth-order valence-electron chi connectivity index (χ4n) is 6.33. The number of ether oxygens (including phenoxy) is 2. The van der Waals surface area contributed by atoms with Crippen LogP contribution in [0.4, 0.5) is 0 Å². The van der Waals surface area contributed by atoms with Crippen molar-refractivity contribution in [2.24, 2.45) is 22.9 Å². The Morgan fingerprint density at radius 1 is 0.483 bits per heavy atom. The van der Waals surface area contributed by atoms with Crippen molar-refractivity contribution < 1.29 is 19.1 Å². The van der Waals surface area contributed by atoms with Gasteiger partial charge < -0.3 is 64.3 Å². The van der Waals surface area contributed by atoms with Crippen LogP contribution in [-0.2, 0) is 19.1 Å². The lowest BCUT2D eigenvalue weighted by Gasteiger charge is -2.22. The van der Waals surface area contributed by atoms with Gasteiger partial charge in [-0.25, -0.2) is 0 Å². The van der Waals surface area contributed by atoms with Crippen molar-refractivity contribution in [3.05, 3.63) is 24.3 Å². The molecule has 0 heterocycles. The molecule has 0 radical (unpaired) electrons. The molecule has 354 valence electrons. The van der Waals surface area contributed by atoms with E-state index in [1.165, 1.54) is 0 Å². The van der Waals surface area contributed by atoms with E-state index in [0.717, 1.165) is 156 Å². The normalized spacial score (nSPS) is 13.0. The molecule has 0 aliphatic heterocycles. The van der Waals surface area contributed by atoms with Gasteiger partial charge in [-0.15, -0.1) is 0 Å². The summed E-state index contributed by atoms with van der Waals surface area (Å²) < 4.78 is 11.9. The highest BCUT2D eigenvalue weighted by molar-refractivity contribution is 5.82. The molecule has 0 saturated carbocycles. The average molecular weight is 855 g/mol. The standard InChI is InChI=1S/C44H94N12O4/c1-3-5-7-31-55(33-15-29-53-43(57)41(51-27-13-21-47)17-9-23-49-25-11-19-45)35-37-59-39-40-60-38-36-56(32-8-6-4-2)34-16-30-54-44(58)42(52-28-14-22-48)18-10-24-50-26-12-20-46/h5-8,41-42,49-52H,3-4,9-40,45-48H2,1-2H3,(H,53,57)(H,54,58). The van der Waals surface area contributed by atoms with Crippen LogP contribution < -0.4 is 54.8 Å². The Balaban J connectivity index is 4.59. The Morgan fingerprint density at radius 2 is 0.867 bits per heavy atom. The quantitative estimate of drug-likeness (QED) is 0.0299. The van der Waals surface area contributed by atoms with Crippen molar-refractivity contribution >= 4 is 11.8 Å². The van der Waals surface area contributed by atoms with Gasteiger partial charge in [0, 0.05) is 52.4 Å². The number of nitrogens with one attached hydrogen (secondary N) is 6.